The van der Waals surface area contributed by atoms with Crippen molar-refractivity contribution in [3.63, 3.8) is 0 Å². The Hall–Kier alpha value is -2.81. The number of carbonyl (C=O) groups excluding carboxylic acids is 1. The van der Waals surface area contributed by atoms with Crippen LogP contribution in [0.1, 0.15) is 112 Å². The van der Waals surface area contributed by atoms with Crippen LogP contribution in [0.2, 0.25) is 0 Å². The molecule has 2 fully saturated rings. The Morgan fingerprint density at radius 1 is 1.07 bits per heavy atom. The maximum Gasteiger partial charge on any atom is 0.339 e. The molecule has 1 heterocycles. The van der Waals surface area contributed by atoms with Crippen LogP contribution in [0, 0.1) is 35.5 Å². The number of hydrogen-bond acceptors (Lipinski definition) is 6. The number of fused-ring (bicyclic) bond motifs is 2. The summed E-state index contributed by atoms with van der Waals surface area (Å²) in [4.78, 5) is 39.9. The fourth-order valence-corrected chi connectivity index (χ4v) is 8.53. The second-order valence-electron chi connectivity index (χ2n) is 14.1. The molecule has 0 spiro atoms. The summed E-state index contributed by atoms with van der Waals surface area (Å²) in [7, 11) is 1.37. The summed E-state index contributed by atoms with van der Waals surface area (Å²) in [6, 6.07) is -1.11. The first-order chi connectivity index (χ1) is 19.0. The molecule has 0 saturated heterocycles. The minimum atomic E-state index is -1.26. The molecule has 0 radical (unpaired) electrons. The van der Waals surface area contributed by atoms with Crippen LogP contribution in [0.15, 0.2) is 0 Å². The normalized spacial score (nSPS) is 29.6. The van der Waals surface area contributed by atoms with Crippen molar-refractivity contribution in [2.45, 2.75) is 105 Å². The third-order valence-electron chi connectivity index (χ3n) is 10.5. The van der Waals surface area contributed by atoms with Crippen molar-refractivity contribution in [1.29, 1.82) is 0 Å². The summed E-state index contributed by atoms with van der Waals surface area (Å²) in [5.41, 5.74) is -0.539. The minimum Gasteiger partial charge on any atom is -0.495 e. The van der Waals surface area contributed by atoms with Crippen molar-refractivity contribution in [2.75, 3.05) is 13.7 Å². The average molecular weight is 574 g/mol. The van der Waals surface area contributed by atoms with Crippen LogP contribution in [0.25, 0.3) is 0 Å². The summed E-state index contributed by atoms with van der Waals surface area (Å²) in [5, 5.41) is 31.8. The number of benzene rings is 1. The second-order valence-corrected chi connectivity index (χ2v) is 14.1. The molecule has 0 bridgehead atoms. The lowest BCUT2D eigenvalue weighted by Crippen LogP contribution is -2.59. The van der Waals surface area contributed by atoms with E-state index in [1.165, 1.54) is 12.0 Å². The zero-order valence-electron chi connectivity index (χ0n) is 25.8. The van der Waals surface area contributed by atoms with Crippen molar-refractivity contribution in [1.82, 2.24) is 4.90 Å². The Kier molecular flexibility index (Phi) is 8.19. The fourth-order valence-electron chi connectivity index (χ4n) is 8.53. The number of aliphatic hydroxyl groups is 1. The molecule has 1 aliphatic heterocycles. The highest BCUT2D eigenvalue weighted by atomic mass is 16.5. The van der Waals surface area contributed by atoms with E-state index in [2.05, 4.69) is 20.8 Å². The average Bonchev–Trinajstić information content (AvgIpc) is 3.17. The summed E-state index contributed by atoms with van der Waals surface area (Å²) in [6.45, 7) is 14.1. The maximum atomic E-state index is 13.9. The number of methoxy groups -OCH3 is 1. The molecule has 228 valence electrons. The summed E-state index contributed by atoms with van der Waals surface area (Å²) in [6.07, 6.45) is 4.96. The van der Waals surface area contributed by atoms with Gasteiger partial charge in [-0.1, -0.05) is 41.0 Å². The van der Waals surface area contributed by atoms with E-state index >= 15 is 0 Å². The van der Waals surface area contributed by atoms with Gasteiger partial charge in [-0.15, -0.1) is 0 Å². The standard InChI is InChI=1S/C32H47NO8/c1-17(2)14-20(28(35)36)33-15-19-23(27(33)34)26(18(3)25(40-8)24(19)29(37)38)41-16-22-31(6)12-9-11-30(4,5)21(31)10-13-32(22,7)39/h17,20-22,39H,9-16H2,1-8H3,(H,35,36)(H,37,38). The van der Waals surface area contributed by atoms with Gasteiger partial charge in [-0.25, -0.2) is 9.59 Å². The number of carboxylic acids is 2. The van der Waals surface area contributed by atoms with E-state index in [-0.39, 0.29) is 70.4 Å². The number of carboxylic acid groups (broad SMARTS) is 2. The highest BCUT2D eigenvalue weighted by Crippen LogP contribution is 2.62. The molecular weight excluding hydrogens is 526 g/mol. The van der Waals surface area contributed by atoms with Gasteiger partial charge in [0.1, 0.15) is 23.1 Å². The molecule has 2 aliphatic carbocycles. The van der Waals surface area contributed by atoms with Crippen LogP contribution in [0.4, 0.5) is 0 Å². The van der Waals surface area contributed by atoms with Gasteiger partial charge in [-0.2, -0.15) is 0 Å². The smallest absolute Gasteiger partial charge is 0.339 e. The Morgan fingerprint density at radius 2 is 1.73 bits per heavy atom. The number of aliphatic carboxylic acids is 1. The predicted octanol–water partition coefficient (Wildman–Crippen LogP) is 5.53. The van der Waals surface area contributed by atoms with Gasteiger partial charge in [-0.3, -0.25) is 4.79 Å². The quantitative estimate of drug-likeness (QED) is 0.351. The minimum absolute atomic E-state index is 0.000477. The third-order valence-corrected chi connectivity index (χ3v) is 10.5. The zero-order chi connectivity index (χ0) is 30.7. The predicted molar refractivity (Wildman–Crippen MR) is 154 cm³/mol. The first-order valence-electron chi connectivity index (χ1n) is 14.8. The first kappa shape index (κ1) is 31.1. The van der Waals surface area contributed by atoms with Crippen LogP contribution >= 0.6 is 0 Å². The van der Waals surface area contributed by atoms with Crippen LogP contribution in [-0.2, 0) is 11.3 Å². The fraction of sp³-hybridized carbons (Fsp3) is 0.719. The van der Waals surface area contributed by atoms with E-state index in [4.69, 9.17) is 9.47 Å². The van der Waals surface area contributed by atoms with Crippen molar-refractivity contribution in [3.05, 3.63) is 22.3 Å². The summed E-state index contributed by atoms with van der Waals surface area (Å²) < 4.78 is 12.1. The Labute approximate surface area is 243 Å². The van der Waals surface area contributed by atoms with Gasteiger partial charge in [0, 0.05) is 23.6 Å². The van der Waals surface area contributed by atoms with Gasteiger partial charge in [0.2, 0.25) is 0 Å². The number of nitrogens with zero attached hydrogens (tertiary/aromatic N) is 1. The second kappa shape index (κ2) is 10.8. The van der Waals surface area contributed by atoms with Crippen molar-refractivity contribution < 1.29 is 39.2 Å². The molecule has 3 aliphatic rings. The molecule has 0 aromatic heterocycles. The largest absolute Gasteiger partial charge is 0.495 e. The van der Waals surface area contributed by atoms with Crippen LogP contribution < -0.4 is 9.47 Å². The maximum absolute atomic E-state index is 13.9. The molecule has 9 nitrogen and oxygen atoms in total. The van der Waals surface area contributed by atoms with Gasteiger partial charge in [0.05, 0.1) is 24.9 Å². The van der Waals surface area contributed by atoms with Gasteiger partial charge in [0.15, 0.2) is 0 Å². The van der Waals surface area contributed by atoms with E-state index in [0.29, 0.717) is 17.9 Å². The summed E-state index contributed by atoms with van der Waals surface area (Å²) >= 11 is 0. The Balaban J connectivity index is 1.80. The molecule has 5 unspecified atom stereocenters. The molecule has 5 atom stereocenters. The van der Waals surface area contributed by atoms with Gasteiger partial charge < -0.3 is 29.7 Å². The van der Waals surface area contributed by atoms with E-state index in [9.17, 15) is 29.7 Å². The van der Waals surface area contributed by atoms with Gasteiger partial charge in [0.25, 0.3) is 5.91 Å². The SMILES string of the molecule is COc1c(C)c(OCC2C(C)(O)CCC3C(C)(C)CCCC32C)c2c(c1C(=O)O)CN(C(CC(C)C)C(=O)O)C2=O. The van der Waals surface area contributed by atoms with Crippen LogP contribution in [0.5, 0.6) is 11.5 Å². The molecular formula is C32H47NO8. The monoisotopic (exact) mass is 573 g/mol. The van der Waals surface area contributed by atoms with E-state index in [1.54, 1.807) is 6.92 Å². The lowest BCUT2D eigenvalue weighted by molar-refractivity contribution is -0.176. The molecule has 9 heteroatoms. The molecule has 3 N–H and O–H groups in total. The lowest BCUT2D eigenvalue weighted by Gasteiger charge is -2.61. The molecule has 41 heavy (non-hydrogen) atoms. The van der Waals surface area contributed by atoms with Crippen molar-refractivity contribution >= 4 is 17.8 Å². The molecule has 1 aromatic carbocycles. The highest BCUT2D eigenvalue weighted by Gasteiger charge is 2.58. The summed E-state index contributed by atoms with van der Waals surface area (Å²) in [5.74, 6) is -2.48. The van der Waals surface area contributed by atoms with Crippen molar-refractivity contribution in [3.8, 4) is 11.5 Å². The Morgan fingerprint density at radius 3 is 2.29 bits per heavy atom. The van der Waals surface area contributed by atoms with E-state index < -0.39 is 29.5 Å². The van der Waals surface area contributed by atoms with Gasteiger partial charge >= 0.3 is 11.9 Å². The molecule has 2 saturated carbocycles. The molecule has 4 rings (SSSR count). The Bertz CT molecular complexity index is 1230. The number of ether oxygens (including phenoxy) is 2. The zero-order valence-corrected chi connectivity index (χ0v) is 25.8. The van der Waals surface area contributed by atoms with Crippen LogP contribution in [-0.4, -0.2) is 63.4 Å². The van der Waals surface area contributed by atoms with E-state index in [1.807, 2.05) is 20.8 Å². The number of rotatable bonds is 9. The van der Waals surface area contributed by atoms with E-state index in [0.717, 1.165) is 25.7 Å². The number of hydrogen-bond donors (Lipinski definition) is 3. The molecule has 1 amide bonds. The third kappa shape index (κ3) is 5.19. The van der Waals surface area contributed by atoms with Crippen molar-refractivity contribution in [2.24, 2.45) is 28.6 Å². The number of amides is 1. The van der Waals surface area contributed by atoms with Crippen LogP contribution in [0.3, 0.4) is 0 Å². The van der Waals surface area contributed by atoms with Gasteiger partial charge in [-0.05, 0) is 68.6 Å². The lowest BCUT2D eigenvalue weighted by atomic mass is 9.46. The number of carbonyl (C=O) groups is 3. The highest BCUT2D eigenvalue weighted by molar-refractivity contribution is 6.08. The first-order valence-corrected chi connectivity index (χ1v) is 14.8. The molecule has 1 aromatic rings. The topological polar surface area (TPSA) is 134 Å². The number of aromatic carboxylic acids is 1.